The molecule has 0 aliphatic heterocycles. The molecule has 32 heavy (non-hydrogen) atoms. The quantitative estimate of drug-likeness (QED) is 0.444. The highest BCUT2D eigenvalue weighted by Crippen LogP contribution is 2.30. The molecule has 1 atom stereocenters. The molecule has 0 amide bonds. The first-order chi connectivity index (χ1) is 15.4. The molecule has 2 heterocycles. The maximum Gasteiger partial charge on any atom is 0.337 e. The summed E-state index contributed by atoms with van der Waals surface area (Å²) in [6.07, 6.45) is 0.730. The molecule has 164 valence electrons. The predicted molar refractivity (Wildman–Crippen MR) is 121 cm³/mol. The number of esters is 1. The van der Waals surface area contributed by atoms with Crippen LogP contribution in [0.5, 0.6) is 0 Å². The SMILES string of the molecule is CCc1nn(C)c2nc(-c3ccc(C(=O)OC)cc3)nc(N[C@@H](C)c3ccc(F)cc3)c12. The summed E-state index contributed by atoms with van der Waals surface area (Å²) in [6, 6.07) is 13.2. The van der Waals surface area contributed by atoms with Crippen LogP contribution in [-0.4, -0.2) is 32.8 Å². The maximum atomic E-state index is 13.3. The van der Waals surface area contributed by atoms with Gasteiger partial charge in [-0.3, -0.25) is 0 Å². The minimum atomic E-state index is -0.400. The van der Waals surface area contributed by atoms with Gasteiger partial charge in [0, 0.05) is 18.7 Å². The summed E-state index contributed by atoms with van der Waals surface area (Å²) in [4.78, 5) is 21.3. The number of aromatic nitrogens is 4. The van der Waals surface area contributed by atoms with Gasteiger partial charge < -0.3 is 10.1 Å². The lowest BCUT2D eigenvalue weighted by atomic mass is 10.1. The van der Waals surface area contributed by atoms with E-state index >= 15 is 0 Å². The molecule has 0 unspecified atom stereocenters. The zero-order chi connectivity index (χ0) is 22.8. The fourth-order valence-corrected chi connectivity index (χ4v) is 3.62. The number of aryl methyl sites for hydroxylation is 2. The Morgan fingerprint density at radius 2 is 1.81 bits per heavy atom. The number of fused-ring (bicyclic) bond motifs is 1. The van der Waals surface area contributed by atoms with Crippen LogP contribution in [-0.2, 0) is 18.2 Å². The number of hydrogen-bond acceptors (Lipinski definition) is 6. The van der Waals surface area contributed by atoms with Gasteiger partial charge in [-0.25, -0.2) is 23.8 Å². The second-order valence-electron chi connectivity index (χ2n) is 7.50. The molecule has 0 saturated heterocycles. The van der Waals surface area contributed by atoms with E-state index < -0.39 is 5.97 Å². The zero-order valence-electron chi connectivity index (χ0n) is 18.4. The normalized spacial score (nSPS) is 12.0. The first-order valence-electron chi connectivity index (χ1n) is 10.4. The number of carbonyl (C=O) groups is 1. The van der Waals surface area contributed by atoms with Crippen LogP contribution in [0.1, 0.15) is 41.5 Å². The third-order valence-electron chi connectivity index (χ3n) is 5.38. The molecule has 0 radical (unpaired) electrons. The van der Waals surface area contributed by atoms with Crippen LogP contribution in [0.2, 0.25) is 0 Å². The summed E-state index contributed by atoms with van der Waals surface area (Å²) < 4.78 is 19.9. The summed E-state index contributed by atoms with van der Waals surface area (Å²) in [5.74, 6) is 0.489. The van der Waals surface area contributed by atoms with E-state index in [0.717, 1.165) is 28.6 Å². The van der Waals surface area contributed by atoms with Crippen molar-refractivity contribution in [2.45, 2.75) is 26.3 Å². The average Bonchev–Trinajstić information content (AvgIpc) is 3.15. The van der Waals surface area contributed by atoms with Crippen molar-refractivity contribution < 1.29 is 13.9 Å². The van der Waals surface area contributed by atoms with E-state index in [0.29, 0.717) is 22.9 Å². The third kappa shape index (κ3) is 4.03. The number of methoxy groups -OCH3 is 1. The summed E-state index contributed by atoms with van der Waals surface area (Å²) >= 11 is 0. The van der Waals surface area contributed by atoms with Crippen molar-refractivity contribution in [2.75, 3.05) is 12.4 Å². The molecule has 4 rings (SSSR count). The lowest BCUT2D eigenvalue weighted by Gasteiger charge is -2.17. The second-order valence-corrected chi connectivity index (χ2v) is 7.50. The summed E-state index contributed by atoms with van der Waals surface area (Å²) in [6.45, 7) is 4.03. The first-order valence-corrected chi connectivity index (χ1v) is 10.4. The molecule has 8 heteroatoms. The highest BCUT2D eigenvalue weighted by atomic mass is 19.1. The van der Waals surface area contributed by atoms with Crippen LogP contribution in [0.4, 0.5) is 10.2 Å². The van der Waals surface area contributed by atoms with E-state index in [1.165, 1.54) is 19.2 Å². The Balaban J connectivity index is 1.79. The Morgan fingerprint density at radius 3 is 2.44 bits per heavy atom. The number of rotatable bonds is 6. The molecule has 0 spiro atoms. The molecule has 4 aromatic rings. The van der Waals surface area contributed by atoms with Crippen LogP contribution < -0.4 is 5.32 Å². The smallest absolute Gasteiger partial charge is 0.337 e. The van der Waals surface area contributed by atoms with Crippen LogP contribution in [0.3, 0.4) is 0 Å². The van der Waals surface area contributed by atoms with Gasteiger partial charge in [0.1, 0.15) is 11.6 Å². The lowest BCUT2D eigenvalue weighted by Crippen LogP contribution is -2.10. The van der Waals surface area contributed by atoms with Gasteiger partial charge in [-0.1, -0.05) is 31.2 Å². The summed E-state index contributed by atoms with van der Waals surface area (Å²) in [5, 5.41) is 8.92. The van der Waals surface area contributed by atoms with E-state index in [-0.39, 0.29) is 11.9 Å². The number of nitrogens with zero attached hydrogens (tertiary/aromatic N) is 4. The maximum absolute atomic E-state index is 13.3. The average molecular weight is 433 g/mol. The van der Waals surface area contributed by atoms with E-state index in [9.17, 15) is 9.18 Å². The fraction of sp³-hybridized carbons (Fsp3) is 0.250. The molecule has 0 saturated carbocycles. The van der Waals surface area contributed by atoms with Crippen LogP contribution in [0.25, 0.3) is 22.4 Å². The Bertz CT molecular complexity index is 1270. The molecular formula is C24H24FN5O2. The first kappa shape index (κ1) is 21.4. The Hall–Kier alpha value is -3.81. The summed E-state index contributed by atoms with van der Waals surface area (Å²) in [7, 11) is 3.20. The minimum absolute atomic E-state index is 0.117. The largest absolute Gasteiger partial charge is 0.465 e. The molecule has 2 aromatic heterocycles. The number of ether oxygens (including phenoxy) is 1. The van der Waals surface area contributed by atoms with Crippen molar-refractivity contribution in [3.8, 4) is 11.4 Å². The second kappa shape index (κ2) is 8.74. The molecule has 0 bridgehead atoms. The van der Waals surface area contributed by atoms with Crippen molar-refractivity contribution in [3.63, 3.8) is 0 Å². The van der Waals surface area contributed by atoms with Gasteiger partial charge >= 0.3 is 5.97 Å². The summed E-state index contributed by atoms with van der Waals surface area (Å²) in [5.41, 5.74) is 3.75. The van der Waals surface area contributed by atoms with Gasteiger partial charge in [-0.15, -0.1) is 0 Å². The van der Waals surface area contributed by atoms with Gasteiger partial charge in [0.25, 0.3) is 0 Å². The van der Waals surface area contributed by atoms with Crippen molar-refractivity contribution in [2.24, 2.45) is 7.05 Å². The van der Waals surface area contributed by atoms with Gasteiger partial charge in [-0.05, 0) is 43.2 Å². The van der Waals surface area contributed by atoms with Crippen molar-refractivity contribution in [1.29, 1.82) is 0 Å². The minimum Gasteiger partial charge on any atom is -0.465 e. The van der Waals surface area contributed by atoms with Crippen molar-refractivity contribution in [3.05, 3.63) is 71.2 Å². The molecular weight excluding hydrogens is 409 g/mol. The number of carbonyl (C=O) groups excluding carboxylic acids is 1. The van der Waals surface area contributed by atoms with Crippen LogP contribution in [0, 0.1) is 5.82 Å². The lowest BCUT2D eigenvalue weighted by molar-refractivity contribution is 0.0600. The van der Waals surface area contributed by atoms with Gasteiger partial charge in [0.05, 0.1) is 23.8 Å². The van der Waals surface area contributed by atoms with E-state index in [1.807, 2.05) is 20.9 Å². The van der Waals surface area contributed by atoms with Crippen molar-refractivity contribution in [1.82, 2.24) is 19.7 Å². The number of benzene rings is 2. The number of hydrogen-bond donors (Lipinski definition) is 1. The van der Waals surface area contributed by atoms with Crippen molar-refractivity contribution >= 4 is 22.8 Å². The number of anilines is 1. The third-order valence-corrected chi connectivity index (χ3v) is 5.38. The fourth-order valence-electron chi connectivity index (χ4n) is 3.62. The van der Waals surface area contributed by atoms with Crippen LogP contribution in [0.15, 0.2) is 48.5 Å². The predicted octanol–water partition coefficient (Wildman–Crippen LogP) is 4.69. The topological polar surface area (TPSA) is 81.9 Å². The number of nitrogens with one attached hydrogen (secondary N) is 1. The highest BCUT2D eigenvalue weighted by Gasteiger charge is 2.19. The van der Waals surface area contributed by atoms with E-state index in [1.54, 1.807) is 41.1 Å². The van der Waals surface area contributed by atoms with E-state index in [2.05, 4.69) is 10.4 Å². The molecule has 1 N–H and O–H groups in total. The highest BCUT2D eigenvalue weighted by molar-refractivity contribution is 5.92. The van der Waals surface area contributed by atoms with Crippen LogP contribution >= 0.6 is 0 Å². The monoisotopic (exact) mass is 433 g/mol. The Labute approximate surface area is 185 Å². The molecule has 7 nitrogen and oxygen atoms in total. The van der Waals surface area contributed by atoms with Gasteiger partial charge in [0.15, 0.2) is 11.5 Å². The van der Waals surface area contributed by atoms with Gasteiger partial charge in [0.2, 0.25) is 0 Å². The molecule has 0 fully saturated rings. The van der Waals surface area contributed by atoms with Gasteiger partial charge in [-0.2, -0.15) is 5.10 Å². The molecule has 2 aromatic carbocycles. The number of halogens is 1. The molecule has 0 aliphatic carbocycles. The Morgan fingerprint density at radius 1 is 1.12 bits per heavy atom. The Kier molecular flexibility index (Phi) is 5.85. The molecule has 0 aliphatic rings. The zero-order valence-corrected chi connectivity index (χ0v) is 18.4. The standard InChI is InChI=1S/C24H24FN5O2/c1-5-19-20-22(26-14(2)15-10-12-18(25)13-11-15)27-21(28-23(20)30(3)29-19)16-6-8-17(9-7-16)24(31)32-4/h6-14H,5H2,1-4H3,(H,26,27,28)/t14-/m0/s1. The van der Waals surface area contributed by atoms with E-state index in [4.69, 9.17) is 14.7 Å².